The van der Waals surface area contributed by atoms with Gasteiger partial charge < -0.3 is 15.4 Å². The second-order valence-corrected chi connectivity index (χ2v) is 5.18. The summed E-state index contributed by atoms with van der Waals surface area (Å²) < 4.78 is 5.33. The van der Waals surface area contributed by atoms with E-state index in [1.54, 1.807) is 19.3 Å². The van der Waals surface area contributed by atoms with Gasteiger partial charge in [0.05, 0.1) is 13.2 Å². The molecule has 0 spiro atoms. The minimum Gasteiger partial charge on any atom is -0.379 e. The Morgan fingerprint density at radius 1 is 1.38 bits per heavy atom. The van der Waals surface area contributed by atoms with Crippen LogP contribution in [0.1, 0.15) is 5.56 Å². The summed E-state index contributed by atoms with van der Waals surface area (Å²) >= 11 is 5.76. The van der Waals surface area contributed by atoms with E-state index in [0.29, 0.717) is 11.7 Å². The van der Waals surface area contributed by atoms with E-state index in [9.17, 15) is 0 Å². The van der Waals surface area contributed by atoms with Gasteiger partial charge in [-0.3, -0.25) is 9.89 Å². The summed E-state index contributed by atoms with van der Waals surface area (Å²) in [5.41, 5.74) is 1.07. The van der Waals surface area contributed by atoms with Crippen molar-refractivity contribution in [1.29, 1.82) is 0 Å². The lowest BCUT2D eigenvalue weighted by Crippen LogP contribution is -2.44. The highest BCUT2D eigenvalue weighted by Crippen LogP contribution is 2.04. The zero-order valence-corrected chi connectivity index (χ0v) is 13.1. The molecule has 0 bridgehead atoms. The number of aliphatic imine (C=N–C) groups is 1. The Morgan fingerprint density at radius 2 is 2.19 bits per heavy atom. The fourth-order valence-corrected chi connectivity index (χ4v) is 2.19. The SMILES string of the molecule is CN=C(NCCN1CCOCC1)NCc1ccc(Cl)nc1. The van der Waals surface area contributed by atoms with Gasteiger partial charge in [0.25, 0.3) is 0 Å². The third-order valence-electron chi connectivity index (χ3n) is 3.30. The number of hydrogen-bond acceptors (Lipinski definition) is 4. The van der Waals surface area contributed by atoms with Gasteiger partial charge in [-0.25, -0.2) is 4.98 Å². The van der Waals surface area contributed by atoms with Gasteiger partial charge in [0, 0.05) is 46.0 Å². The molecule has 1 aromatic heterocycles. The average molecular weight is 312 g/mol. The molecule has 0 unspecified atom stereocenters. The Bertz CT molecular complexity index is 445. The molecule has 0 aromatic carbocycles. The van der Waals surface area contributed by atoms with Crippen molar-refractivity contribution in [3.8, 4) is 0 Å². The first-order valence-electron chi connectivity index (χ1n) is 7.13. The fourth-order valence-electron chi connectivity index (χ4n) is 2.07. The number of halogens is 1. The zero-order valence-electron chi connectivity index (χ0n) is 12.3. The van der Waals surface area contributed by atoms with Crippen molar-refractivity contribution < 1.29 is 4.74 Å². The van der Waals surface area contributed by atoms with Crippen LogP contribution >= 0.6 is 11.6 Å². The van der Waals surface area contributed by atoms with Crippen LogP contribution in [0.5, 0.6) is 0 Å². The van der Waals surface area contributed by atoms with Crippen molar-refractivity contribution in [1.82, 2.24) is 20.5 Å². The smallest absolute Gasteiger partial charge is 0.191 e. The molecule has 1 aromatic rings. The number of ether oxygens (including phenoxy) is 1. The van der Waals surface area contributed by atoms with Crippen LogP contribution in [0.4, 0.5) is 0 Å². The Labute approximate surface area is 130 Å². The molecule has 7 heteroatoms. The monoisotopic (exact) mass is 311 g/mol. The Balaban J connectivity index is 1.67. The molecule has 0 amide bonds. The Kier molecular flexibility index (Phi) is 6.72. The zero-order chi connectivity index (χ0) is 14.9. The Hall–Kier alpha value is -1.37. The summed E-state index contributed by atoms with van der Waals surface area (Å²) in [6.45, 7) is 6.19. The number of guanidine groups is 1. The summed E-state index contributed by atoms with van der Waals surface area (Å²) in [5.74, 6) is 0.790. The first kappa shape index (κ1) is 16.0. The summed E-state index contributed by atoms with van der Waals surface area (Å²) in [5, 5.41) is 7.07. The third kappa shape index (κ3) is 5.87. The van der Waals surface area contributed by atoms with Crippen LogP contribution < -0.4 is 10.6 Å². The number of hydrogen-bond donors (Lipinski definition) is 2. The number of aromatic nitrogens is 1. The Morgan fingerprint density at radius 3 is 2.86 bits per heavy atom. The molecular weight excluding hydrogens is 290 g/mol. The first-order chi connectivity index (χ1) is 10.3. The van der Waals surface area contributed by atoms with Gasteiger partial charge in [0.1, 0.15) is 5.15 Å². The van der Waals surface area contributed by atoms with Crippen molar-refractivity contribution in [3.05, 3.63) is 29.0 Å². The summed E-state index contributed by atoms with van der Waals surface area (Å²) in [7, 11) is 1.77. The number of morpholine rings is 1. The van der Waals surface area contributed by atoms with E-state index in [4.69, 9.17) is 16.3 Å². The predicted molar refractivity (Wildman–Crippen MR) is 84.7 cm³/mol. The highest BCUT2D eigenvalue weighted by molar-refractivity contribution is 6.29. The van der Waals surface area contributed by atoms with Crippen LogP contribution in [0, 0.1) is 0 Å². The van der Waals surface area contributed by atoms with E-state index in [1.807, 2.05) is 6.07 Å². The molecule has 0 atom stereocenters. The molecule has 1 aliphatic heterocycles. The first-order valence-corrected chi connectivity index (χ1v) is 7.51. The molecule has 0 saturated carbocycles. The topological polar surface area (TPSA) is 61.8 Å². The maximum Gasteiger partial charge on any atom is 0.191 e. The molecule has 21 heavy (non-hydrogen) atoms. The van der Waals surface area contributed by atoms with E-state index in [1.165, 1.54) is 0 Å². The van der Waals surface area contributed by atoms with Crippen LogP contribution in [-0.4, -0.2) is 62.3 Å². The number of rotatable bonds is 5. The van der Waals surface area contributed by atoms with Crippen LogP contribution in [0.2, 0.25) is 5.15 Å². The van der Waals surface area contributed by atoms with Crippen LogP contribution in [0.15, 0.2) is 23.3 Å². The summed E-state index contributed by atoms with van der Waals surface area (Å²) in [6.07, 6.45) is 1.76. The lowest BCUT2D eigenvalue weighted by Gasteiger charge is -2.26. The fraction of sp³-hybridized carbons (Fsp3) is 0.571. The van der Waals surface area contributed by atoms with Gasteiger partial charge in [0.15, 0.2) is 5.96 Å². The van der Waals surface area contributed by atoms with Gasteiger partial charge in [-0.05, 0) is 11.6 Å². The van der Waals surface area contributed by atoms with Crippen molar-refractivity contribution >= 4 is 17.6 Å². The van der Waals surface area contributed by atoms with E-state index in [2.05, 4.69) is 25.5 Å². The van der Waals surface area contributed by atoms with Gasteiger partial charge in [0.2, 0.25) is 0 Å². The lowest BCUT2D eigenvalue weighted by atomic mass is 10.3. The molecule has 116 valence electrons. The van der Waals surface area contributed by atoms with Crippen molar-refractivity contribution in [3.63, 3.8) is 0 Å². The standard InChI is InChI=1S/C14H22ClN5O/c1-16-14(17-4-5-20-6-8-21-9-7-20)19-11-12-2-3-13(15)18-10-12/h2-3,10H,4-9,11H2,1H3,(H2,16,17,19). The van der Waals surface area contributed by atoms with Crippen LogP contribution in [-0.2, 0) is 11.3 Å². The number of nitrogens with zero attached hydrogens (tertiary/aromatic N) is 3. The molecule has 6 nitrogen and oxygen atoms in total. The number of nitrogens with one attached hydrogen (secondary N) is 2. The van der Waals surface area contributed by atoms with E-state index < -0.39 is 0 Å². The minimum atomic E-state index is 0.506. The summed E-state index contributed by atoms with van der Waals surface area (Å²) in [6, 6.07) is 3.73. The van der Waals surface area contributed by atoms with E-state index in [-0.39, 0.29) is 0 Å². The minimum absolute atomic E-state index is 0.506. The van der Waals surface area contributed by atoms with Crippen LogP contribution in [0.3, 0.4) is 0 Å². The predicted octanol–water partition coefficient (Wildman–Crippen LogP) is 0.732. The second kappa shape index (κ2) is 8.81. The maximum atomic E-state index is 5.76. The van der Waals surface area contributed by atoms with E-state index in [0.717, 1.165) is 50.9 Å². The molecule has 1 aliphatic rings. The molecular formula is C14H22ClN5O. The third-order valence-corrected chi connectivity index (χ3v) is 3.52. The maximum absolute atomic E-state index is 5.76. The molecule has 0 radical (unpaired) electrons. The molecule has 0 aliphatic carbocycles. The average Bonchev–Trinajstić information content (AvgIpc) is 2.53. The van der Waals surface area contributed by atoms with Gasteiger partial charge >= 0.3 is 0 Å². The molecule has 2 N–H and O–H groups in total. The van der Waals surface area contributed by atoms with Crippen molar-refractivity contribution in [2.45, 2.75) is 6.54 Å². The highest BCUT2D eigenvalue weighted by Gasteiger charge is 2.09. The lowest BCUT2D eigenvalue weighted by molar-refractivity contribution is 0.0389. The van der Waals surface area contributed by atoms with Crippen LogP contribution in [0.25, 0.3) is 0 Å². The van der Waals surface area contributed by atoms with Gasteiger partial charge in [-0.15, -0.1) is 0 Å². The molecule has 1 saturated heterocycles. The van der Waals surface area contributed by atoms with Gasteiger partial charge in [-0.1, -0.05) is 17.7 Å². The highest BCUT2D eigenvalue weighted by atomic mass is 35.5. The van der Waals surface area contributed by atoms with Crippen molar-refractivity contribution in [2.75, 3.05) is 46.4 Å². The molecule has 1 fully saturated rings. The number of pyridine rings is 1. The quantitative estimate of drug-likeness (QED) is 0.477. The largest absolute Gasteiger partial charge is 0.379 e. The summed E-state index contributed by atoms with van der Waals surface area (Å²) in [4.78, 5) is 10.6. The molecule has 2 heterocycles. The second-order valence-electron chi connectivity index (χ2n) is 4.80. The normalized spacial score (nSPS) is 16.8. The molecule has 2 rings (SSSR count). The van der Waals surface area contributed by atoms with E-state index >= 15 is 0 Å². The van der Waals surface area contributed by atoms with Crippen molar-refractivity contribution in [2.24, 2.45) is 4.99 Å². The van der Waals surface area contributed by atoms with Gasteiger partial charge in [-0.2, -0.15) is 0 Å².